The fourth-order valence-corrected chi connectivity index (χ4v) is 7.14. The second-order valence-corrected chi connectivity index (χ2v) is 10.3. The first-order valence-corrected chi connectivity index (χ1v) is 11.4. The Labute approximate surface area is 164 Å². The highest BCUT2D eigenvalue weighted by atomic mass is 32.1. The molecule has 146 valence electrons. The Morgan fingerprint density at radius 2 is 1.81 bits per heavy atom. The van der Waals surface area contributed by atoms with Gasteiger partial charge in [-0.25, -0.2) is 4.79 Å². The van der Waals surface area contributed by atoms with Crippen molar-refractivity contribution >= 4 is 28.3 Å². The molecule has 1 aromatic rings. The van der Waals surface area contributed by atoms with E-state index in [0.717, 1.165) is 42.1 Å². The van der Waals surface area contributed by atoms with Crippen molar-refractivity contribution in [2.24, 2.45) is 23.7 Å². The van der Waals surface area contributed by atoms with Gasteiger partial charge < -0.3 is 10.2 Å². The summed E-state index contributed by atoms with van der Waals surface area (Å²) in [5.74, 6) is 2.61. The van der Waals surface area contributed by atoms with Gasteiger partial charge in [0, 0.05) is 18.6 Å². The topological polar surface area (TPSA) is 61.4 Å². The van der Waals surface area contributed by atoms with Crippen LogP contribution in [-0.2, 0) is 4.79 Å². The lowest BCUT2D eigenvalue weighted by Crippen LogP contribution is -2.61. The average Bonchev–Trinajstić information content (AvgIpc) is 3.13. The fraction of sp³-hybridized carbons (Fsp3) is 0.714. The largest absolute Gasteiger partial charge is 0.350 e. The molecule has 1 unspecified atom stereocenters. The van der Waals surface area contributed by atoms with E-state index >= 15 is 0 Å². The van der Waals surface area contributed by atoms with Gasteiger partial charge >= 0.3 is 6.03 Å². The zero-order valence-electron chi connectivity index (χ0n) is 15.8. The molecule has 1 saturated heterocycles. The maximum Gasteiger partial charge on any atom is 0.322 e. The minimum absolute atomic E-state index is 0.0628. The minimum Gasteiger partial charge on any atom is -0.350 e. The average molecular weight is 388 g/mol. The van der Waals surface area contributed by atoms with Crippen molar-refractivity contribution in [3.05, 3.63) is 17.5 Å². The third-order valence-electron chi connectivity index (χ3n) is 7.26. The van der Waals surface area contributed by atoms with Gasteiger partial charge in [0.2, 0.25) is 5.91 Å². The monoisotopic (exact) mass is 387 g/mol. The molecule has 2 heterocycles. The summed E-state index contributed by atoms with van der Waals surface area (Å²) in [6, 6.07) is 3.76. The van der Waals surface area contributed by atoms with E-state index in [1.807, 2.05) is 22.4 Å². The summed E-state index contributed by atoms with van der Waals surface area (Å²) in [5.41, 5.74) is 0.0628. The number of nitrogens with one attached hydrogen (secondary N) is 2. The minimum atomic E-state index is -0.0789. The number of rotatable bonds is 3. The summed E-state index contributed by atoms with van der Waals surface area (Å²) in [4.78, 5) is 27.4. The smallest absolute Gasteiger partial charge is 0.322 e. The summed E-state index contributed by atoms with van der Waals surface area (Å²) in [6.07, 6.45) is 9.48. The van der Waals surface area contributed by atoms with Crippen LogP contribution in [0.1, 0.15) is 51.4 Å². The van der Waals surface area contributed by atoms with Crippen LogP contribution in [0.2, 0.25) is 0 Å². The number of anilines is 1. The van der Waals surface area contributed by atoms with Crippen LogP contribution < -0.4 is 10.6 Å². The Morgan fingerprint density at radius 3 is 2.44 bits per heavy atom. The van der Waals surface area contributed by atoms with Crippen LogP contribution >= 0.6 is 11.3 Å². The molecule has 5 aliphatic rings. The molecule has 1 aromatic heterocycles. The van der Waals surface area contributed by atoms with E-state index in [-0.39, 0.29) is 23.4 Å². The summed E-state index contributed by atoms with van der Waals surface area (Å²) in [7, 11) is 0. The molecule has 2 N–H and O–H groups in total. The van der Waals surface area contributed by atoms with E-state index in [1.165, 1.54) is 49.9 Å². The predicted molar refractivity (Wildman–Crippen MR) is 107 cm³/mol. The van der Waals surface area contributed by atoms with Crippen LogP contribution in [0.5, 0.6) is 0 Å². The predicted octanol–water partition coefficient (Wildman–Crippen LogP) is 4.08. The van der Waals surface area contributed by atoms with Crippen molar-refractivity contribution in [2.45, 2.75) is 56.9 Å². The van der Waals surface area contributed by atoms with Crippen molar-refractivity contribution in [2.75, 3.05) is 18.4 Å². The van der Waals surface area contributed by atoms with Crippen LogP contribution in [0.3, 0.4) is 0 Å². The number of hydrogen-bond acceptors (Lipinski definition) is 3. The molecule has 5 fully saturated rings. The van der Waals surface area contributed by atoms with Crippen LogP contribution in [0, 0.1) is 23.7 Å². The second-order valence-electron chi connectivity index (χ2n) is 9.38. The number of carbonyl (C=O) groups excluding carboxylic acids is 2. The Morgan fingerprint density at radius 1 is 1.11 bits per heavy atom. The van der Waals surface area contributed by atoms with E-state index in [9.17, 15) is 9.59 Å². The molecule has 0 radical (unpaired) electrons. The molecule has 6 heteroatoms. The number of hydrogen-bond donors (Lipinski definition) is 2. The van der Waals surface area contributed by atoms with E-state index < -0.39 is 0 Å². The molecule has 6 rings (SSSR count). The third-order valence-corrected chi connectivity index (χ3v) is 8.04. The van der Waals surface area contributed by atoms with E-state index in [4.69, 9.17) is 0 Å². The fourth-order valence-electron chi connectivity index (χ4n) is 6.54. The molecule has 1 atom stereocenters. The molecule has 1 aliphatic heterocycles. The molecule has 4 aliphatic carbocycles. The van der Waals surface area contributed by atoms with Gasteiger partial charge in [-0.1, -0.05) is 0 Å². The number of piperidine rings is 1. The molecule has 0 aromatic carbocycles. The first-order chi connectivity index (χ1) is 13.1. The molecular formula is C21H29N3O2S. The molecular weight excluding hydrogens is 358 g/mol. The molecule has 5 nitrogen and oxygen atoms in total. The quantitative estimate of drug-likeness (QED) is 0.821. The van der Waals surface area contributed by atoms with Crippen molar-refractivity contribution in [3.63, 3.8) is 0 Å². The molecule has 27 heavy (non-hydrogen) atoms. The van der Waals surface area contributed by atoms with Gasteiger partial charge in [-0.15, -0.1) is 11.3 Å². The lowest BCUT2D eigenvalue weighted by atomic mass is 9.53. The number of urea groups is 1. The van der Waals surface area contributed by atoms with Crippen LogP contribution in [0.15, 0.2) is 17.5 Å². The van der Waals surface area contributed by atoms with Gasteiger partial charge in [-0.05, 0) is 86.6 Å². The summed E-state index contributed by atoms with van der Waals surface area (Å²) in [6.45, 7) is 1.27. The van der Waals surface area contributed by atoms with Gasteiger partial charge in [-0.3, -0.25) is 10.1 Å². The molecule has 4 saturated carbocycles. The Balaban J connectivity index is 1.21. The molecule has 0 spiro atoms. The summed E-state index contributed by atoms with van der Waals surface area (Å²) < 4.78 is 0. The van der Waals surface area contributed by atoms with E-state index in [0.29, 0.717) is 6.54 Å². The van der Waals surface area contributed by atoms with Gasteiger partial charge in [0.1, 0.15) is 0 Å². The highest BCUT2D eigenvalue weighted by Gasteiger charge is 2.52. The number of thiophene rings is 1. The Kier molecular flexibility index (Phi) is 4.42. The molecule has 4 bridgehead atoms. The zero-order valence-corrected chi connectivity index (χ0v) is 16.6. The number of amides is 3. The highest BCUT2D eigenvalue weighted by Crippen LogP contribution is 2.55. The van der Waals surface area contributed by atoms with Gasteiger partial charge in [0.05, 0.1) is 10.9 Å². The first-order valence-electron chi connectivity index (χ1n) is 10.5. The SMILES string of the molecule is O=C(NC12CC3CC(CC(C3)C1)C2)C1CCCN(C(=O)Nc2cccs2)C1. The number of likely N-dealkylation sites (tertiary alicyclic amines) is 1. The third kappa shape index (κ3) is 3.48. The summed E-state index contributed by atoms with van der Waals surface area (Å²) >= 11 is 1.52. The highest BCUT2D eigenvalue weighted by molar-refractivity contribution is 7.14. The normalized spacial score (nSPS) is 37.3. The van der Waals surface area contributed by atoms with Crippen molar-refractivity contribution in [3.8, 4) is 0 Å². The lowest BCUT2D eigenvalue weighted by Gasteiger charge is -2.57. The molecule has 3 amide bonds. The van der Waals surface area contributed by atoms with Crippen LogP contribution in [0.4, 0.5) is 9.80 Å². The van der Waals surface area contributed by atoms with Crippen molar-refractivity contribution in [1.29, 1.82) is 0 Å². The van der Waals surface area contributed by atoms with E-state index in [2.05, 4.69) is 10.6 Å². The van der Waals surface area contributed by atoms with Crippen molar-refractivity contribution < 1.29 is 9.59 Å². The first kappa shape index (κ1) is 17.5. The standard InChI is InChI=1S/C21H29N3O2S/c25-19(23-21-10-14-7-15(11-21)9-16(8-14)12-21)17-3-1-5-24(13-17)20(26)22-18-4-2-6-27-18/h2,4,6,14-17H,1,3,5,7-13H2,(H,22,26)(H,23,25). The van der Waals surface area contributed by atoms with Gasteiger partial charge in [-0.2, -0.15) is 0 Å². The lowest BCUT2D eigenvalue weighted by molar-refractivity contribution is -0.132. The maximum absolute atomic E-state index is 13.1. The summed E-state index contributed by atoms with van der Waals surface area (Å²) in [5, 5.41) is 9.27. The van der Waals surface area contributed by atoms with Crippen LogP contribution in [-0.4, -0.2) is 35.5 Å². The Hall–Kier alpha value is -1.56. The Bertz CT molecular complexity index is 682. The number of carbonyl (C=O) groups is 2. The van der Waals surface area contributed by atoms with Crippen molar-refractivity contribution in [1.82, 2.24) is 10.2 Å². The zero-order chi connectivity index (χ0) is 18.4. The van der Waals surface area contributed by atoms with Gasteiger partial charge in [0.25, 0.3) is 0 Å². The maximum atomic E-state index is 13.1. The van der Waals surface area contributed by atoms with Crippen LogP contribution in [0.25, 0.3) is 0 Å². The van der Waals surface area contributed by atoms with E-state index in [1.54, 1.807) is 0 Å². The van der Waals surface area contributed by atoms with Gasteiger partial charge in [0.15, 0.2) is 0 Å². The number of nitrogens with zero attached hydrogens (tertiary/aromatic N) is 1. The second kappa shape index (κ2) is 6.80.